The number of fused-ring (bicyclic) bond motifs is 3. The summed E-state index contributed by atoms with van der Waals surface area (Å²) in [6, 6.07) is 3.52. The van der Waals surface area contributed by atoms with Gasteiger partial charge in [0.05, 0.1) is 5.56 Å². The molecule has 0 saturated carbocycles. The number of hydrogen-bond donors (Lipinski definition) is 1. The Kier molecular flexibility index (Phi) is 1.89. The van der Waals surface area contributed by atoms with Gasteiger partial charge in [-0.05, 0) is 18.2 Å². The molecule has 0 fully saturated rings. The average molecular weight is 237 g/mol. The van der Waals surface area contributed by atoms with Crippen molar-refractivity contribution in [1.29, 1.82) is 0 Å². The molecule has 0 amide bonds. The molecule has 17 heavy (non-hydrogen) atoms. The molecule has 86 valence electrons. The molecule has 2 heterocycles. The van der Waals surface area contributed by atoms with Gasteiger partial charge in [-0.3, -0.25) is 4.98 Å². The quantitative estimate of drug-likeness (QED) is 0.652. The predicted octanol–water partition coefficient (Wildman–Crippen LogP) is 3.13. The van der Waals surface area contributed by atoms with Gasteiger partial charge in [0, 0.05) is 23.3 Å². The molecule has 3 aromatic rings. The summed E-state index contributed by atoms with van der Waals surface area (Å²) in [6.45, 7) is 0. The van der Waals surface area contributed by atoms with Gasteiger partial charge in [0.2, 0.25) is 0 Å². The van der Waals surface area contributed by atoms with Crippen LogP contribution in [0.3, 0.4) is 0 Å². The van der Waals surface area contributed by atoms with Crippen LogP contribution in [-0.4, -0.2) is 15.0 Å². The lowest BCUT2D eigenvalue weighted by Gasteiger charge is -2.05. The zero-order valence-electron chi connectivity index (χ0n) is 8.42. The molecule has 0 radical (unpaired) electrons. The molecule has 0 atom stereocenters. The lowest BCUT2D eigenvalue weighted by atomic mass is 10.1. The van der Waals surface area contributed by atoms with E-state index in [1.807, 2.05) is 0 Å². The molecular weight excluding hydrogens is 231 g/mol. The highest BCUT2D eigenvalue weighted by atomic mass is 19.4. The zero-order valence-corrected chi connectivity index (χ0v) is 8.42. The van der Waals surface area contributed by atoms with Crippen molar-refractivity contribution in [1.82, 2.24) is 15.0 Å². The lowest BCUT2D eigenvalue weighted by molar-refractivity contribution is -0.137. The Balaban J connectivity index is 2.34. The van der Waals surface area contributed by atoms with Crippen molar-refractivity contribution in [2.45, 2.75) is 6.18 Å². The summed E-state index contributed by atoms with van der Waals surface area (Å²) in [7, 11) is 0. The molecule has 0 spiro atoms. The van der Waals surface area contributed by atoms with Gasteiger partial charge in [0.1, 0.15) is 5.52 Å². The van der Waals surface area contributed by atoms with Crippen LogP contribution in [0.25, 0.3) is 22.1 Å². The first kappa shape index (κ1) is 10.1. The summed E-state index contributed by atoms with van der Waals surface area (Å²) in [5, 5.41) is 0.640. The maximum absolute atomic E-state index is 12.5. The second-order valence-corrected chi connectivity index (χ2v) is 3.64. The van der Waals surface area contributed by atoms with E-state index in [1.54, 1.807) is 0 Å². The summed E-state index contributed by atoms with van der Waals surface area (Å²) >= 11 is 0. The van der Waals surface area contributed by atoms with Gasteiger partial charge in [0.15, 0.2) is 5.65 Å². The number of benzene rings is 1. The van der Waals surface area contributed by atoms with Crippen molar-refractivity contribution in [3.8, 4) is 0 Å². The Hall–Kier alpha value is -2.11. The third-order valence-corrected chi connectivity index (χ3v) is 2.55. The molecule has 1 N–H and O–H groups in total. The van der Waals surface area contributed by atoms with Gasteiger partial charge in [-0.15, -0.1) is 0 Å². The van der Waals surface area contributed by atoms with Crippen LogP contribution in [0.4, 0.5) is 13.2 Å². The topological polar surface area (TPSA) is 41.6 Å². The van der Waals surface area contributed by atoms with Crippen molar-refractivity contribution < 1.29 is 13.2 Å². The van der Waals surface area contributed by atoms with Crippen molar-refractivity contribution >= 4 is 22.1 Å². The molecule has 2 aromatic heterocycles. The fourth-order valence-electron chi connectivity index (χ4n) is 1.78. The third kappa shape index (κ3) is 1.52. The Morgan fingerprint density at radius 1 is 1.06 bits per heavy atom. The Morgan fingerprint density at radius 3 is 2.59 bits per heavy atom. The molecule has 6 heteroatoms. The fourth-order valence-corrected chi connectivity index (χ4v) is 1.78. The molecule has 0 aliphatic heterocycles. The van der Waals surface area contributed by atoms with Crippen LogP contribution in [0, 0.1) is 0 Å². The first-order chi connectivity index (χ1) is 8.05. The van der Waals surface area contributed by atoms with Crippen LogP contribution < -0.4 is 0 Å². The van der Waals surface area contributed by atoms with Crippen LogP contribution in [0.2, 0.25) is 0 Å². The van der Waals surface area contributed by atoms with E-state index in [0.29, 0.717) is 22.1 Å². The summed E-state index contributed by atoms with van der Waals surface area (Å²) in [4.78, 5) is 10.9. The average Bonchev–Trinajstić information content (AvgIpc) is 2.65. The monoisotopic (exact) mass is 237 g/mol. The Bertz CT molecular complexity index is 700. The van der Waals surface area contributed by atoms with Crippen molar-refractivity contribution in [2.24, 2.45) is 0 Å². The van der Waals surface area contributed by atoms with Crippen molar-refractivity contribution in [3.63, 3.8) is 0 Å². The number of rotatable bonds is 0. The first-order valence-electron chi connectivity index (χ1n) is 4.85. The van der Waals surface area contributed by atoms with Crippen LogP contribution in [0.1, 0.15) is 5.56 Å². The largest absolute Gasteiger partial charge is 0.416 e. The number of nitrogens with one attached hydrogen (secondary N) is 1. The smallest absolute Gasteiger partial charge is 0.338 e. The van der Waals surface area contributed by atoms with Crippen molar-refractivity contribution in [2.75, 3.05) is 0 Å². The minimum Gasteiger partial charge on any atom is -0.338 e. The molecule has 0 aliphatic carbocycles. The summed E-state index contributed by atoms with van der Waals surface area (Å²) in [5.41, 5.74) is 0.774. The number of aromatic nitrogens is 3. The van der Waals surface area contributed by atoms with Gasteiger partial charge in [0.25, 0.3) is 0 Å². The second kappa shape index (κ2) is 3.19. The van der Waals surface area contributed by atoms with Gasteiger partial charge >= 0.3 is 6.18 Å². The highest BCUT2D eigenvalue weighted by molar-refractivity contribution is 6.03. The van der Waals surface area contributed by atoms with E-state index in [0.717, 1.165) is 12.1 Å². The van der Waals surface area contributed by atoms with Crippen LogP contribution in [0.15, 0.2) is 30.6 Å². The predicted molar refractivity (Wildman–Crippen MR) is 56.4 cm³/mol. The number of nitrogens with zero attached hydrogens (tertiary/aromatic N) is 2. The molecule has 0 unspecified atom stereocenters. The van der Waals surface area contributed by atoms with Gasteiger partial charge in [-0.2, -0.15) is 13.2 Å². The van der Waals surface area contributed by atoms with E-state index in [-0.39, 0.29) is 0 Å². The van der Waals surface area contributed by atoms with Crippen molar-refractivity contribution in [3.05, 3.63) is 36.2 Å². The van der Waals surface area contributed by atoms with E-state index >= 15 is 0 Å². The maximum Gasteiger partial charge on any atom is 0.416 e. The highest BCUT2D eigenvalue weighted by Gasteiger charge is 2.30. The third-order valence-electron chi connectivity index (χ3n) is 2.55. The molecule has 1 aromatic carbocycles. The summed E-state index contributed by atoms with van der Waals surface area (Å²) in [5.74, 6) is 0. The van der Waals surface area contributed by atoms with Gasteiger partial charge in [-0.25, -0.2) is 4.98 Å². The normalized spacial score (nSPS) is 12.4. The molecule has 3 nitrogen and oxygen atoms in total. The minimum absolute atomic E-state index is 0.390. The molecule has 0 bridgehead atoms. The van der Waals surface area contributed by atoms with E-state index in [9.17, 15) is 13.2 Å². The van der Waals surface area contributed by atoms with Crippen LogP contribution >= 0.6 is 0 Å². The molecular formula is C11H6F3N3. The summed E-state index contributed by atoms with van der Waals surface area (Å²) < 4.78 is 37.6. The van der Waals surface area contributed by atoms with E-state index < -0.39 is 11.7 Å². The molecule has 3 rings (SSSR count). The first-order valence-corrected chi connectivity index (χ1v) is 4.85. The minimum atomic E-state index is -4.34. The highest BCUT2D eigenvalue weighted by Crippen LogP contribution is 2.32. The van der Waals surface area contributed by atoms with Crippen LogP contribution in [-0.2, 0) is 6.18 Å². The fraction of sp³-hybridized carbons (Fsp3) is 0.0909. The lowest BCUT2D eigenvalue weighted by Crippen LogP contribution is -2.03. The van der Waals surface area contributed by atoms with Crippen LogP contribution in [0.5, 0.6) is 0 Å². The maximum atomic E-state index is 12.5. The number of H-pyrrole nitrogens is 1. The van der Waals surface area contributed by atoms with Gasteiger partial charge < -0.3 is 4.98 Å². The van der Waals surface area contributed by atoms with E-state index in [4.69, 9.17) is 0 Å². The second-order valence-electron chi connectivity index (χ2n) is 3.64. The molecule has 0 saturated heterocycles. The standard InChI is InChI=1S/C11H6F3N3/c12-11(13,14)6-1-2-7-8(5-6)17-10-9(7)15-3-4-16-10/h1-5H,(H,16,17). The van der Waals surface area contributed by atoms with E-state index in [1.165, 1.54) is 18.5 Å². The number of aromatic amines is 1. The molecule has 0 aliphatic rings. The Morgan fingerprint density at radius 2 is 1.82 bits per heavy atom. The SMILES string of the molecule is FC(F)(F)c1ccc2c(c1)[nH]c1nccnc12. The number of halogens is 3. The van der Waals surface area contributed by atoms with Gasteiger partial charge in [-0.1, -0.05) is 0 Å². The Labute approximate surface area is 93.3 Å². The zero-order chi connectivity index (χ0) is 12.0. The number of hydrogen-bond acceptors (Lipinski definition) is 2. The van der Waals surface area contributed by atoms with E-state index in [2.05, 4.69) is 15.0 Å². The summed E-state index contributed by atoms with van der Waals surface area (Å²) in [6.07, 6.45) is -1.35. The number of alkyl halides is 3.